The van der Waals surface area contributed by atoms with Crippen LogP contribution in [0.2, 0.25) is 0 Å². The van der Waals surface area contributed by atoms with Crippen molar-refractivity contribution in [3.05, 3.63) is 29.8 Å². The molecule has 0 bridgehead atoms. The molecule has 1 heterocycles. The Hall–Kier alpha value is -1.59. The Morgan fingerprint density at radius 2 is 1.94 bits per heavy atom. The van der Waals surface area contributed by atoms with Gasteiger partial charge in [0.25, 0.3) is 5.91 Å². The van der Waals surface area contributed by atoms with Gasteiger partial charge in [0.15, 0.2) is 6.10 Å². The number of rotatable bonds is 3. The first-order valence-corrected chi connectivity index (χ1v) is 5.41. The lowest BCUT2D eigenvalue weighted by molar-refractivity contribution is -0.128. The highest BCUT2D eigenvalue weighted by Gasteiger charge is 2.39. The molecule has 1 aliphatic rings. The van der Waals surface area contributed by atoms with Gasteiger partial charge in [-0.1, -0.05) is 12.1 Å². The molecule has 0 aromatic heterocycles. The van der Waals surface area contributed by atoms with E-state index < -0.39 is 24.2 Å². The fourth-order valence-electron chi connectivity index (χ4n) is 1.92. The lowest BCUT2D eigenvalue weighted by Crippen LogP contribution is -2.34. The second kappa shape index (κ2) is 4.73. The lowest BCUT2D eigenvalue weighted by atomic mass is 10.0. The van der Waals surface area contributed by atoms with E-state index in [9.17, 15) is 15.0 Å². The van der Waals surface area contributed by atoms with E-state index in [0.29, 0.717) is 6.42 Å². The highest BCUT2D eigenvalue weighted by atomic mass is 16.5. The Bertz CT molecular complexity index is 403. The highest BCUT2D eigenvalue weighted by molar-refractivity contribution is 5.84. The zero-order valence-corrected chi connectivity index (χ0v) is 9.46. The summed E-state index contributed by atoms with van der Waals surface area (Å²) in [7, 11) is 1.59. The van der Waals surface area contributed by atoms with Crippen LogP contribution in [0, 0.1) is 0 Å². The normalized spacial score (nSPS) is 27.9. The van der Waals surface area contributed by atoms with Gasteiger partial charge in [0.05, 0.1) is 13.2 Å². The molecular formula is C12H15NO4. The van der Waals surface area contributed by atoms with Crippen LogP contribution in [0.15, 0.2) is 24.3 Å². The van der Waals surface area contributed by atoms with Crippen molar-refractivity contribution in [3.63, 3.8) is 0 Å². The fourth-order valence-corrected chi connectivity index (χ4v) is 1.92. The van der Waals surface area contributed by atoms with Crippen LogP contribution in [0.5, 0.6) is 5.75 Å². The van der Waals surface area contributed by atoms with Crippen molar-refractivity contribution in [3.8, 4) is 5.75 Å². The number of aliphatic hydroxyl groups excluding tert-OH is 2. The number of hydrogen-bond donors (Lipinski definition) is 3. The zero-order valence-electron chi connectivity index (χ0n) is 9.46. The smallest absolute Gasteiger partial charge is 0.251 e. The van der Waals surface area contributed by atoms with Crippen LogP contribution in [0.25, 0.3) is 0 Å². The number of ether oxygens (including phenoxy) is 1. The lowest BCUT2D eigenvalue weighted by Gasteiger charge is -2.15. The molecule has 1 aliphatic heterocycles. The fraction of sp³-hybridized carbons (Fsp3) is 0.417. The molecule has 0 radical (unpaired) electrons. The van der Waals surface area contributed by atoms with E-state index in [1.54, 1.807) is 7.11 Å². The van der Waals surface area contributed by atoms with E-state index >= 15 is 0 Å². The van der Waals surface area contributed by atoms with Crippen LogP contribution < -0.4 is 10.1 Å². The quantitative estimate of drug-likeness (QED) is 0.659. The summed E-state index contributed by atoms with van der Waals surface area (Å²) in [6, 6.07) is 6.92. The molecule has 1 saturated heterocycles. The van der Waals surface area contributed by atoms with E-state index in [0.717, 1.165) is 11.3 Å². The number of nitrogens with one attached hydrogen (secondary N) is 1. The maximum atomic E-state index is 11.1. The predicted octanol–water partition coefficient (Wildman–Crippen LogP) is -0.542. The summed E-state index contributed by atoms with van der Waals surface area (Å²) in [5, 5.41) is 21.5. The minimum Gasteiger partial charge on any atom is -0.497 e. The van der Waals surface area contributed by atoms with E-state index in [1.165, 1.54) is 0 Å². The summed E-state index contributed by atoms with van der Waals surface area (Å²) in [6.07, 6.45) is -1.89. The molecule has 5 heteroatoms. The van der Waals surface area contributed by atoms with Crippen LogP contribution in [0.3, 0.4) is 0 Å². The molecule has 1 fully saturated rings. The maximum Gasteiger partial charge on any atom is 0.251 e. The third-order valence-electron chi connectivity index (χ3n) is 2.95. The first kappa shape index (κ1) is 11.9. The zero-order chi connectivity index (χ0) is 12.4. The molecule has 1 aromatic carbocycles. The number of aliphatic hydroxyl groups is 2. The molecule has 3 atom stereocenters. The van der Waals surface area contributed by atoms with Gasteiger partial charge in [-0.05, 0) is 24.1 Å². The topological polar surface area (TPSA) is 78.8 Å². The molecule has 1 amide bonds. The molecule has 0 saturated carbocycles. The van der Waals surface area contributed by atoms with Crippen LogP contribution in [0.1, 0.15) is 5.56 Å². The van der Waals surface area contributed by atoms with Crippen molar-refractivity contribution in [2.75, 3.05) is 7.11 Å². The number of amides is 1. The molecule has 17 heavy (non-hydrogen) atoms. The summed E-state index contributed by atoms with van der Waals surface area (Å²) >= 11 is 0. The molecule has 1 aromatic rings. The summed E-state index contributed by atoms with van der Waals surface area (Å²) < 4.78 is 5.04. The van der Waals surface area contributed by atoms with Gasteiger partial charge in [0, 0.05) is 0 Å². The molecule has 0 unspecified atom stereocenters. The first-order chi connectivity index (χ1) is 8.11. The third kappa shape index (κ3) is 2.40. The molecular weight excluding hydrogens is 222 g/mol. The van der Waals surface area contributed by atoms with Crippen LogP contribution in [-0.4, -0.2) is 41.5 Å². The van der Waals surface area contributed by atoms with Gasteiger partial charge >= 0.3 is 0 Å². The molecule has 0 aliphatic carbocycles. The van der Waals surface area contributed by atoms with Crippen molar-refractivity contribution in [1.29, 1.82) is 0 Å². The average molecular weight is 237 g/mol. The van der Waals surface area contributed by atoms with Gasteiger partial charge < -0.3 is 20.3 Å². The van der Waals surface area contributed by atoms with Crippen LogP contribution in [0.4, 0.5) is 0 Å². The Balaban J connectivity index is 2.03. The minimum atomic E-state index is -1.32. The summed E-state index contributed by atoms with van der Waals surface area (Å²) in [4.78, 5) is 11.1. The second-order valence-electron chi connectivity index (χ2n) is 4.10. The number of carbonyl (C=O) groups is 1. The SMILES string of the molecule is COc1ccc(C[C@H]2NC(=O)[C@H](O)[C@H]2O)cc1. The second-order valence-corrected chi connectivity index (χ2v) is 4.10. The van der Waals surface area contributed by atoms with Gasteiger partial charge in [0.1, 0.15) is 11.9 Å². The summed E-state index contributed by atoms with van der Waals surface area (Å²) in [5.74, 6) is 0.237. The van der Waals surface area contributed by atoms with E-state index in [1.807, 2.05) is 24.3 Å². The van der Waals surface area contributed by atoms with Gasteiger partial charge in [-0.15, -0.1) is 0 Å². The predicted molar refractivity (Wildman–Crippen MR) is 60.6 cm³/mol. The van der Waals surface area contributed by atoms with Crippen molar-refractivity contribution in [2.45, 2.75) is 24.7 Å². The average Bonchev–Trinajstić information content (AvgIpc) is 2.58. The number of hydrogen-bond acceptors (Lipinski definition) is 4. The van der Waals surface area contributed by atoms with Gasteiger partial charge in [-0.3, -0.25) is 4.79 Å². The number of methoxy groups -OCH3 is 1. The van der Waals surface area contributed by atoms with E-state index in [2.05, 4.69) is 5.32 Å². The molecule has 5 nitrogen and oxygen atoms in total. The van der Waals surface area contributed by atoms with Crippen molar-refractivity contribution in [1.82, 2.24) is 5.32 Å². The Kier molecular flexibility index (Phi) is 3.31. The Labute approximate surface area is 99.0 Å². The first-order valence-electron chi connectivity index (χ1n) is 5.41. The third-order valence-corrected chi connectivity index (χ3v) is 2.95. The van der Waals surface area contributed by atoms with E-state index in [4.69, 9.17) is 4.74 Å². The van der Waals surface area contributed by atoms with Crippen molar-refractivity contribution in [2.24, 2.45) is 0 Å². The summed E-state index contributed by atoms with van der Waals surface area (Å²) in [5.41, 5.74) is 0.962. The van der Waals surface area contributed by atoms with Gasteiger partial charge in [-0.25, -0.2) is 0 Å². The largest absolute Gasteiger partial charge is 0.497 e. The Morgan fingerprint density at radius 3 is 2.41 bits per heavy atom. The van der Waals surface area contributed by atoms with Gasteiger partial charge in [-0.2, -0.15) is 0 Å². The standard InChI is InChI=1S/C12H15NO4/c1-17-8-4-2-7(3-5-8)6-9-10(14)11(15)12(16)13-9/h2-5,9-11,14-15H,6H2,1H3,(H,13,16)/t9-,10+,11-/m1/s1. The summed E-state index contributed by atoms with van der Waals surface area (Å²) in [6.45, 7) is 0. The molecule has 92 valence electrons. The van der Waals surface area contributed by atoms with Crippen molar-refractivity contribution < 1.29 is 19.7 Å². The Morgan fingerprint density at radius 1 is 1.29 bits per heavy atom. The highest BCUT2D eigenvalue weighted by Crippen LogP contribution is 2.17. The molecule has 2 rings (SSSR count). The van der Waals surface area contributed by atoms with Crippen LogP contribution >= 0.6 is 0 Å². The molecule has 0 spiro atoms. The molecule has 3 N–H and O–H groups in total. The van der Waals surface area contributed by atoms with E-state index in [-0.39, 0.29) is 0 Å². The van der Waals surface area contributed by atoms with Crippen LogP contribution in [-0.2, 0) is 11.2 Å². The number of carbonyl (C=O) groups excluding carboxylic acids is 1. The minimum absolute atomic E-state index is 0.439. The van der Waals surface area contributed by atoms with Crippen molar-refractivity contribution >= 4 is 5.91 Å². The monoisotopic (exact) mass is 237 g/mol. The maximum absolute atomic E-state index is 11.1. The number of benzene rings is 1. The van der Waals surface area contributed by atoms with Gasteiger partial charge in [0.2, 0.25) is 0 Å².